The SMILES string of the molecule is COc1ccc(Oc2ncnc(N3CCN(c4cccc(Cl)c4)CC3)c2[N+](=O)[O-])cc1. The van der Waals surface area contributed by atoms with Crippen LogP contribution in [-0.4, -0.2) is 48.2 Å². The summed E-state index contributed by atoms with van der Waals surface area (Å²) in [7, 11) is 1.56. The van der Waals surface area contributed by atoms with Gasteiger partial charge in [-0.05, 0) is 42.5 Å². The number of rotatable bonds is 6. The van der Waals surface area contributed by atoms with Gasteiger partial charge >= 0.3 is 11.6 Å². The molecule has 0 radical (unpaired) electrons. The Balaban J connectivity index is 1.54. The van der Waals surface area contributed by atoms with E-state index in [1.54, 1.807) is 31.4 Å². The molecule has 160 valence electrons. The minimum atomic E-state index is -0.502. The van der Waals surface area contributed by atoms with Crippen molar-refractivity contribution >= 4 is 28.8 Å². The highest BCUT2D eigenvalue weighted by molar-refractivity contribution is 6.30. The molecule has 4 rings (SSSR count). The van der Waals surface area contributed by atoms with E-state index >= 15 is 0 Å². The van der Waals surface area contributed by atoms with E-state index < -0.39 is 4.92 Å². The molecule has 0 amide bonds. The van der Waals surface area contributed by atoms with E-state index in [-0.39, 0.29) is 17.4 Å². The van der Waals surface area contributed by atoms with Crippen molar-refractivity contribution in [1.82, 2.24) is 9.97 Å². The zero-order valence-corrected chi connectivity index (χ0v) is 17.5. The fourth-order valence-corrected chi connectivity index (χ4v) is 3.61. The second-order valence-electron chi connectivity index (χ2n) is 6.84. The molecule has 31 heavy (non-hydrogen) atoms. The van der Waals surface area contributed by atoms with E-state index in [0.29, 0.717) is 42.7 Å². The molecule has 1 aliphatic heterocycles. The molecule has 1 fully saturated rings. The zero-order valence-electron chi connectivity index (χ0n) is 16.8. The maximum absolute atomic E-state index is 11.9. The molecule has 0 aliphatic carbocycles. The molecule has 0 N–H and O–H groups in total. The van der Waals surface area contributed by atoms with Crippen molar-refractivity contribution in [3.63, 3.8) is 0 Å². The number of piperazine rings is 1. The van der Waals surface area contributed by atoms with Crippen LogP contribution in [-0.2, 0) is 0 Å². The summed E-state index contributed by atoms with van der Waals surface area (Å²) >= 11 is 6.10. The van der Waals surface area contributed by atoms with Crippen LogP contribution in [0.3, 0.4) is 0 Å². The Labute approximate surface area is 184 Å². The molecule has 2 heterocycles. The number of nitro groups is 1. The molecule has 0 spiro atoms. The predicted molar refractivity (Wildman–Crippen MR) is 118 cm³/mol. The quantitative estimate of drug-likeness (QED) is 0.415. The van der Waals surface area contributed by atoms with Gasteiger partial charge in [0.05, 0.1) is 12.0 Å². The maximum Gasteiger partial charge on any atom is 0.373 e. The van der Waals surface area contributed by atoms with Gasteiger partial charge in [0.2, 0.25) is 5.82 Å². The molecule has 0 bridgehead atoms. The van der Waals surface area contributed by atoms with E-state index in [1.165, 1.54) is 6.33 Å². The van der Waals surface area contributed by atoms with Crippen molar-refractivity contribution in [1.29, 1.82) is 0 Å². The standard InChI is InChI=1S/C21H20ClN5O4/c1-30-17-5-7-18(8-6-17)31-21-19(27(28)29)20(23-14-24-21)26-11-9-25(10-12-26)16-4-2-3-15(22)13-16/h2-8,13-14H,9-12H2,1H3. The Morgan fingerprint density at radius 2 is 1.68 bits per heavy atom. The number of benzene rings is 2. The lowest BCUT2D eigenvalue weighted by Gasteiger charge is -2.36. The van der Waals surface area contributed by atoms with Crippen molar-refractivity contribution in [3.05, 3.63) is 70.0 Å². The van der Waals surface area contributed by atoms with Gasteiger partial charge in [-0.25, -0.2) is 4.98 Å². The Morgan fingerprint density at radius 3 is 2.32 bits per heavy atom. The molecule has 0 unspecified atom stereocenters. The first-order valence-electron chi connectivity index (χ1n) is 9.62. The highest BCUT2D eigenvalue weighted by Gasteiger charge is 2.30. The summed E-state index contributed by atoms with van der Waals surface area (Å²) in [6.07, 6.45) is 1.28. The molecular formula is C21H20ClN5O4. The number of anilines is 2. The summed E-state index contributed by atoms with van der Waals surface area (Å²) in [5, 5.41) is 12.5. The minimum absolute atomic E-state index is 0.0996. The lowest BCUT2D eigenvalue weighted by Crippen LogP contribution is -2.47. The van der Waals surface area contributed by atoms with Gasteiger partial charge in [-0.3, -0.25) is 10.1 Å². The van der Waals surface area contributed by atoms with Gasteiger partial charge < -0.3 is 19.3 Å². The van der Waals surface area contributed by atoms with Crippen LogP contribution in [0.15, 0.2) is 54.9 Å². The van der Waals surface area contributed by atoms with Crippen LogP contribution in [0.4, 0.5) is 17.2 Å². The first-order valence-corrected chi connectivity index (χ1v) is 9.99. The lowest BCUT2D eigenvalue weighted by molar-refractivity contribution is -0.385. The summed E-state index contributed by atoms with van der Waals surface area (Å²) in [4.78, 5) is 23.6. The molecule has 10 heteroatoms. The normalized spacial score (nSPS) is 13.7. The van der Waals surface area contributed by atoms with Crippen molar-refractivity contribution in [2.75, 3.05) is 43.1 Å². The molecule has 1 aromatic heterocycles. The van der Waals surface area contributed by atoms with Crippen LogP contribution >= 0.6 is 11.6 Å². The number of methoxy groups -OCH3 is 1. The Hall–Kier alpha value is -3.59. The molecule has 1 aliphatic rings. The van der Waals surface area contributed by atoms with Crippen molar-refractivity contribution in [2.45, 2.75) is 0 Å². The number of hydrogen-bond acceptors (Lipinski definition) is 8. The second-order valence-corrected chi connectivity index (χ2v) is 7.28. The number of hydrogen-bond donors (Lipinski definition) is 0. The van der Waals surface area contributed by atoms with Crippen molar-refractivity contribution in [2.24, 2.45) is 0 Å². The van der Waals surface area contributed by atoms with Gasteiger partial charge in [0.25, 0.3) is 0 Å². The molecule has 2 aromatic carbocycles. The highest BCUT2D eigenvalue weighted by atomic mass is 35.5. The largest absolute Gasteiger partial charge is 0.497 e. The van der Waals surface area contributed by atoms with Crippen LogP contribution in [0.25, 0.3) is 0 Å². The van der Waals surface area contributed by atoms with Gasteiger partial charge in [0, 0.05) is 36.9 Å². The van der Waals surface area contributed by atoms with Crippen molar-refractivity contribution in [3.8, 4) is 17.4 Å². The zero-order chi connectivity index (χ0) is 21.8. The second kappa shape index (κ2) is 9.05. The van der Waals surface area contributed by atoms with E-state index in [9.17, 15) is 10.1 Å². The smallest absolute Gasteiger partial charge is 0.373 e. The molecule has 3 aromatic rings. The maximum atomic E-state index is 11.9. The fraction of sp³-hybridized carbons (Fsp3) is 0.238. The fourth-order valence-electron chi connectivity index (χ4n) is 3.42. The predicted octanol–water partition coefficient (Wildman–Crippen LogP) is 4.17. The van der Waals surface area contributed by atoms with E-state index in [2.05, 4.69) is 14.9 Å². The molecule has 0 saturated carbocycles. The monoisotopic (exact) mass is 441 g/mol. The Bertz CT molecular complexity index is 1070. The van der Waals surface area contributed by atoms with Gasteiger partial charge in [-0.1, -0.05) is 17.7 Å². The van der Waals surface area contributed by atoms with Gasteiger partial charge in [-0.2, -0.15) is 4.98 Å². The van der Waals surface area contributed by atoms with E-state index in [1.807, 2.05) is 29.2 Å². The van der Waals surface area contributed by atoms with Gasteiger partial charge in [0.1, 0.15) is 17.8 Å². The van der Waals surface area contributed by atoms with Gasteiger partial charge in [-0.15, -0.1) is 0 Å². The molecule has 0 atom stereocenters. The number of halogens is 1. The van der Waals surface area contributed by atoms with Crippen LogP contribution in [0, 0.1) is 10.1 Å². The van der Waals surface area contributed by atoms with E-state index in [4.69, 9.17) is 21.1 Å². The van der Waals surface area contributed by atoms with E-state index in [0.717, 1.165) is 5.69 Å². The average Bonchev–Trinajstić information content (AvgIpc) is 2.79. The number of aromatic nitrogens is 2. The van der Waals surface area contributed by atoms with Crippen LogP contribution in [0.1, 0.15) is 0 Å². The average molecular weight is 442 g/mol. The lowest BCUT2D eigenvalue weighted by atomic mass is 10.2. The summed E-state index contributed by atoms with van der Waals surface area (Å²) in [5.74, 6) is 1.22. The number of ether oxygens (including phenoxy) is 2. The first kappa shape index (κ1) is 20.7. The third kappa shape index (κ3) is 4.61. The van der Waals surface area contributed by atoms with Crippen LogP contribution in [0.2, 0.25) is 5.02 Å². The van der Waals surface area contributed by atoms with Crippen molar-refractivity contribution < 1.29 is 14.4 Å². The third-order valence-electron chi connectivity index (χ3n) is 4.98. The van der Waals surface area contributed by atoms with Gasteiger partial charge in [0.15, 0.2) is 0 Å². The van der Waals surface area contributed by atoms with Crippen LogP contribution < -0.4 is 19.3 Å². The summed E-state index contributed by atoms with van der Waals surface area (Å²) in [5.41, 5.74) is 0.766. The topological polar surface area (TPSA) is 93.9 Å². The highest BCUT2D eigenvalue weighted by Crippen LogP contribution is 2.37. The summed E-state index contributed by atoms with van der Waals surface area (Å²) in [6.45, 7) is 2.48. The first-order chi connectivity index (χ1) is 15.0. The molecular weight excluding hydrogens is 422 g/mol. The summed E-state index contributed by atoms with van der Waals surface area (Å²) in [6, 6.07) is 14.4. The Morgan fingerprint density at radius 1 is 1.00 bits per heavy atom. The number of nitrogens with zero attached hydrogens (tertiary/aromatic N) is 5. The van der Waals surface area contributed by atoms with Crippen LogP contribution in [0.5, 0.6) is 17.4 Å². The minimum Gasteiger partial charge on any atom is -0.497 e. The third-order valence-corrected chi connectivity index (χ3v) is 5.21. The molecule has 1 saturated heterocycles. The Kier molecular flexibility index (Phi) is 6.03. The summed E-state index contributed by atoms with van der Waals surface area (Å²) < 4.78 is 10.8. The molecule has 9 nitrogen and oxygen atoms in total.